The minimum Gasteiger partial charge on any atom is -0.381 e. The monoisotopic (exact) mass is 333 g/mol. The van der Waals surface area contributed by atoms with Crippen molar-refractivity contribution in [3.8, 4) is 0 Å². The van der Waals surface area contributed by atoms with Crippen LogP contribution >= 0.6 is 0 Å². The van der Waals surface area contributed by atoms with Crippen LogP contribution in [0.15, 0.2) is 54.6 Å². The molecule has 0 amide bonds. The van der Waals surface area contributed by atoms with Crippen LogP contribution in [0.4, 0.5) is 5.69 Å². The largest absolute Gasteiger partial charge is 0.520 e. The van der Waals surface area contributed by atoms with Gasteiger partial charge in [-0.2, -0.15) is 0 Å². The fraction of sp³-hybridized carbons (Fsp3) is 0.333. The molecule has 0 unspecified atom stereocenters. The molecular weight excluding hydrogens is 306 g/mol. The second-order valence-electron chi connectivity index (χ2n) is 5.10. The summed E-state index contributed by atoms with van der Waals surface area (Å²) in [4.78, 5) is 0. The van der Waals surface area contributed by atoms with Gasteiger partial charge in [0.25, 0.3) is 0 Å². The summed E-state index contributed by atoms with van der Waals surface area (Å²) in [6, 6.07) is 18.2. The Kier molecular flexibility index (Phi) is 8.58. The van der Waals surface area contributed by atoms with Crippen LogP contribution in [0, 0.1) is 13.8 Å². The van der Waals surface area contributed by atoms with E-state index in [1.54, 1.807) is 21.3 Å². The lowest BCUT2D eigenvalue weighted by Gasteiger charge is -2.24. The van der Waals surface area contributed by atoms with E-state index in [1.165, 1.54) is 11.1 Å². The minimum atomic E-state index is -2.51. The molecule has 2 aromatic rings. The number of hydrogen-bond donors (Lipinski definition) is 1. The first-order chi connectivity index (χ1) is 11.1. The highest BCUT2D eigenvalue weighted by molar-refractivity contribution is 6.61. The molecule has 4 nitrogen and oxygen atoms in total. The Hall–Kier alpha value is -1.66. The molecule has 0 bridgehead atoms. The first-order valence-electron chi connectivity index (χ1n) is 7.53. The Morgan fingerprint density at radius 2 is 1.17 bits per heavy atom. The Morgan fingerprint density at radius 3 is 1.57 bits per heavy atom. The Balaban J connectivity index is 0.000000277. The highest BCUT2D eigenvalue weighted by Crippen LogP contribution is 2.10. The third-order valence-electron chi connectivity index (χ3n) is 3.64. The van der Waals surface area contributed by atoms with E-state index in [9.17, 15) is 0 Å². The van der Waals surface area contributed by atoms with E-state index in [0.717, 1.165) is 5.69 Å². The second-order valence-corrected chi connectivity index (χ2v) is 8.04. The molecular formula is C18H27NO3Si. The highest BCUT2D eigenvalue weighted by atomic mass is 28.4. The van der Waals surface area contributed by atoms with Crippen molar-refractivity contribution in [3.05, 3.63) is 65.7 Å². The van der Waals surface area contributed by atoms with Crippen LogP contribution in [0.5, 0.6) is 0 Å². The van der Waals surface area contributed by atoms with E-state index in [0.29, 0.717) is 6.17 Å². The van der Waals surface area contributed by atoms with Crippen LogP contribution < -0.4 is 5.32 Å². The lowest BCUT2D eigenvalue weighted by Crippen LogP contribution is -2.49. The number of hydrogen-bond acceptors (Lipinski definition) is 4. The first kappa shape index (κ1) is 19.4. The maximum atomic E-state index is 5.29. The summed E-state index contributed by atoms with van der Waals surface area (Å²) in [6.45, 7) is 4.24. The Labute approximate surface area is 140 Å². The number of nitrogens with one attached hydrogen (secondary N) is 1. The molecule has 0 aliphatic carbocycles. The number of rotatable bonds is 6. The fourth-order valence-corrected chi connectivity index (χ4v) is 3.25. The topological polar surface area (TPSA) is 39.7 Å². The Morgan fingerprint density at radius 1 is 0.739 bits per heavy atom. The van der Waals surface area contributed by atoms with Crippen LogP contribution in [0.2, 0.25) is 0 Å². The third kappa shape index (κ3) is 6.54. The van der Waals surface area contributed by atoms with Crippen LogP contribution in [-0.2, 0) is 13.3 Å². The molecule has 0 aliphatic rings. The zero-order chi connectivity index (χ0) is 17.1. The van der Waals surface area contributed by atoms with Gasteiger partial charge in [-0.15, -0.1) is 0 Å². The molecule has 0 aromatic heterocycles. The maximum Gasteiger partial charge on any atom is 0.520 e. The zero-order valence-electron chi connectivity index (χ0n) is 14.6. The molecule has 5 heteroatoms. The zero-order valence-corrected chi connectivity index (χ0v) is 15.6. The van der Waals surface area contributed by atoms with Crippen molar-refractivity contribution < 1.29 is 13.3 Å². The fourth-order valence-electron chi connectivity index (χ4n) is 1.90. The summed E-state index contributed by atoms with van der Waals surface area (Å²) in [7, 11) is 2.30. The van der Waals surface area contributed by atoms with E-state index in [4.69, 9.17) is 13.3 Å². The summed E-state index contributed by atoms with van der Waals surface area (Å²) in [6.07, 6.45) is 0.556. The van der Waals surface area contributed by atoms with Gasteiger partial charge in [-0.3, -0.25) is 0 Å². The van der Waals surface area contributed by atoms with Crippen molar-refractivity contribution in [3.63, 3.8) is 0 Å². The molecule has 126 valence electrons. The van der Waals surface area contributed by atoms with E-state index >= 15 is 0 Å². The molecule has 0 saturated carbocycles. The maximum absolute atomic E-state index is 5.29. The van der Waals surface area contributed by atoms with Crippen LogP contribution in [0.3, 0.4) is 0 Å². The molecule has 0 fully saturated rings. The molecule has 23 heavy (non-hydrogen) atoms. The summed E-state index contributed by atoms with van der Waals surface area (Å²) in [5.74, 6) is 0. The number of para-hydroxylation sites is 1. The Bertz CT molecular complexity index is 530. The highest BCUT2D eigenvalue weighted by Gasteiger charge is 2.37. The molecule has 2 rings (SSSR count). The van der Waals surface area contributed by atoms with Crippen molar-refractivity contribution in [2.45, 2.75) is 13.8 Å². The number of benzene rings is 2. The molecule has 0 spiro atoms. The average Bonchev–Trinajstić information content (AvgIpc) is 2.61. The molecule has 0 heterocycles. The SMILES string of the molecule is CO[Si](CNc1ccccc1)(OC)OC.Cc1ccccc1C. The van der Waals surface area contributed by atoms with Crippen molar-refractivity contribution >= 4 is 14.5 Å². The van der Waals surface area contributed by atoms with Gasteiger partial charge in [0.2, 0.25) is 0 Å². The second kappa shape index (κ2) is 10.2. The molecule has 2 aromatic carbocycles. The van der Waals surface area contributed by atoms with Crippen molar-refractivity contribution in [2.75, 3.05) is 32.8 Å². The summed E-state index contributed by atoms with van der Waals surface area (Å²) in [5, 5.41) is 3.23. The predicted molar refractivity (Wildman–Crippen MR) is 97.6 cm³/mol. The molecule has 0 aliphatic heterocycles. The van der Waals surface area contributed by atoms with Gasteiger partial charge in [0.05, 0.1) is 6.17 Å². The standard InChI is InChI=1S/C10H17NO3Si.C8H10/c1-12-15(13-2,14-3)9-11-10-7-5-4-6-8-10;1-7-5-3-4-6-8(7)2/h4-8,11H,9H2,1-3H3;3-6H,1-2H3. The van der Waals surface area contributed by atoms with Crippen molar-refractivity contribution in [1.29, 1.82) is 0 Å². The lowest BCUT2D eigenvalue weighted by molar-refractivity contribution is 0.127. The van der Waals surface area contributed by atoms with Gasteiger partial charge in [-0.25, -0.2) is 0 Å². The van der Waals surface area contributed by atoms with Gasteiger partial charge >= 0.3 is 8.80 Å². The quantitative estimate of drug-likeness (QED) is 0.816. The van der Waals surface area contributed by atoms with Crippen LogP contribution in [0.1, 0.15) is 11.1 Å². The minimum absolute atomic E-state index is 0.556. The van der Waals surface area contributed by atoms with Gasteiger partial charge in [0.1, 0.15) is 0 Å². The third-order valence-corrected chi connectivity index (χ3v) is 6.12. The molecule has 0 radical (unpaired) electrons. The summed E-state index contributed by atoms with van der Waals surface area (Å²) < 4.78 is 15.9. The van der Waals surface area contributed by atoms with Gasteiger partial charge in [0.15, 0.2) is 0 Å². The van der Waals surface area contributed by atoms with Gasteiger partial charge in [0, 0.05) is 27.0 Å². The summed E-state index contributed by atoms with van der Waals surface area (Å²) in [5.41, 5.74) is 3.76. The first-order valence-corrected chi connectivity index (χ1v) is 9.46. The number of anilines is 1. The van der Waals surface area contributed by atoms with Crippen molar-refractivity contribution in [2.24, 2.45) is 0 Å². The smallest absolute Gasteiger partial charge is 0.381 e. The van der Waals surface area contributed by atoms with E-state index in [1.807, 2.05) is 30.3 Å². The average molecular weight is 334 g/mol. The molecule has 0 atom stereocenters. The van der Waals surface area contributed by atoms with Gasteiger partial charge < -0.3 is 18.6 Å². The predicted octanol–water partition coefficient (Wildman–Crippen LogP) is 3.82. The van der Waals surface area contributed by atoms with Gasteiger partial charge in [-0.1, -0.05) is 42.5 Å². The van der Waals surface area contributed by atoms with Gasteiger partial charge in [-0.05, 0) is 37.1 Å². The lowest BCUT2D eigenvalue weighted by atomic mass is 10.1. The van der Waals surface area contributed by atoms with E-state index in [2.05, 4.69) is 43.4 Å². The molecule has 1 N–H and O–H groups in total. The van der Waals surface area contributed by atoms with E-state index < -0.39 is 8.80 Å². The van der Waals surface area contributed by atoms with Crippen molar-refractivity contribution in [1.82, 2.24) is 0 Å². The number of aryl methyl sites for hydroxylation is 2. The summed E-state index contributed by atoms with van der Waals surface area (Å²) >= 11 is 0. The van der Waals surface area contributed by atoms with Crippen LogP contribution in [0.25, 0.3) is 0 Å². The normalized spacial score (nSPS) is 10.7. The van der Waals surface area contributed by atoms with Crippen LogP contribution in [-0.4, -0.2) is 36.3 Å². The molecule has 0 saturated heterocycles. The van der Waals surface area contributed by atoms with E-state index in [-0.39, 0.29) is 0 Å².